The van der Waals surface area contributed by atoms with Crippen molar-refractivity contribution in [3.8, 4) is 5.75 Å². The monoisotopic (exact) mass is 364 g/mol. The summed E-state index contributed by atoms with van der Waals surface area (Å²) in [6, 6.07) is 19.0. The number of rotatable bonds is 7. The highest BCUT2D eigenvalue weighted by molar-refractivity contribution is 6.00. The summed E-state index contributed by atoms with van der Waals surface area (Å²) in [6.45, 7) is 6.34. The number of ether oxygens (including phenoxy) is 2. The van der Waals surface area contributed by atoms with Gasteiger partial charge in [-0.05, 0) is 74.4 Å². The number of hydrogen-bond acceptors (Lipinski definition) is 3. The van der Waals surface area contributed by atoms with E-state index < -0.39 is 5.60 Å². The van der Waals surface area contributed by atoms with E-state index in [1.54, 1.807) is 0 Å². The minimum Gasteiger partial charge on any atom is -0.493 e. The predicted molar refractivity (Wildman–Crippen MR) is 111 cm³/mol. The van der Waals surface area contributed by atoms with Gasteiger partial charge in [0.15, 0.2) is 0 Å². The fourth-order valence-electron chi connectivity index (χ4n) is 3.19. The number of fused-ring (bicyclic) bond motifs is 2. The van der Waals surface area contributed by atoms with Crippen molar-refractivity contribution in [1.82, 2.24) is 0 Å². The zero-order valence-electron chi connectivity index (χ0n) is 16.5. The molecule has 0 aliphatic carbocycles. The second-order valence-electron chi connectivity index (χ2n) is 7.92. The molecule has 0 heterocycles. The van der Waals surface area contributed by atoms with Gasteiger partial charge in [0.2, 0.25) is 0 Å². The number of esters is 1. The lowest BCUT2D eigenvalue weighted by Gasteiger charge is -2.19. The molecule has 0 aliphatic heterocycles. The Balaban J connectivity index is 1.52. The van der Waals surface area contributed by atoms with Crippen LogP contribution in [-0.4, -0.2) is 18.2 Å². The van der Waals surface area contributed by atoms with E-state index in [0.29, 0.717) is 13.0 Å². The minimum atomic E-state index is -0.404. The van der Waals surface area contributed by atoms with Crippen LogP contribution in [0.2, 0.25) is 0 Å². The Hall–Kier alpha value is -2.55. The standard InChI is InChI=1S/C24H28O3/c1-24(2,3)27-23(25)14-5-4-8-15-26-22-13-9-12-20-16-18-10-6-7-11-19(18)17-21(20)22/h6-7,9-13,16-17H,4-5,8,14-15H2,1-3H3. The molecule has 0 amide bonds. The molecule has 0 atom stereocenters. The van der Waals surface area contributed by atoms with Gasteiger partial charge < -0.3 is 9.47 Å². The van der Waals surface area contributed by atoms with Crippen molar-refractivity contribution in [3.05, 3.63) is 54.6 Å². The number of carbonyl (C=O) groups excluding carboxylic acids is 1. The molecule has 0 aliphatic rings. The van der Waals surface area contributed by atoms with E-state index in [-0.39, 0.29) is 5.97 Å². The molecule has 142 valence electrons. The predicted octanol–water partition coefficient (Wildman–Crippen LogP) is 6.27. The summed E-state index contributed by atoms with van der Waals surface area (Å²) < 4.78 is 11.4. The van der Waals surface area contributed by atoms with Gasteiger partial charge in [0.05, 0.1) is 6.61 Å². The Morgan fingerprint density at radius 1 is 0.852 bits per heavy atom. The molecule has 3 aromatic rings. The van der Waals surface area contributed by atoms with E-state index in [0.717, 1.165) is 30.4 Å². The normalized spacial score (nSPS) is 11.7. The Morgan fingerprint density at radius 2 is 1.56 bits per heavy atom. The van der Waals surface area contributed by atoms with Gasteiger partial charge in [-0.1, -0.05) is 36.4 Å². The summed E-state index contributed by atoms with van der Waals surface area (Å²) >= 11 is 0. The smallest absolute Gasteiger partial charge is 0.306 e. The summed E-state index contributed by atoms with van der Waals surface area (Å²) in [5.41, 5.74) is -0.404. The fourth-order valence-corrected chi connectivity index (χ4v) is 3.19. The molecule has 0 bridgehead atoms. The highest BCUT2D eigenvalue weighted by atomic mass is 16.6. The van der Waals surface area contributed by atoms with Gasteiger partial charge in [-0.3, -0.25) is 4.79 Å². The molecule has 3 nitrogen and oxygen atoms in total. The van der Waals surface area contributed by atoms with Crippen molar-refractivity contribution in [3.63, 3.8) is 0 Å². The third-order valence-corrected chi connectivity index (χ3v) is 4.41. The second kappa shape index (κ2) is 8.43. The van der Waals surface area contributed by atoms with E-state index in [1.165, 1.54) is 16.2 Å². The number of benzene rings is 3. The zero-order chi connectivity index (χ0) is 19.3. The highest BCUT2D eigenvalue weighted by Crippen LogP contribution is 2.30. The third kappa shape index (κ3) is 5.46. The van der Waals surface area contributed by atoms with Crippen LogP contribution in [0.25, 0.3) is 21.5 Å². The van der Waals surface area contributed by atoms with E-state index in [9.17, 15) is 4.79 Å². The average molecular weight is 364 g/mol. The average Bonchev–Trinajstić information content (AvgIpc) is 2.61. The molecule has 0 saturated carbocycles. The molecule has 0 saturated heterocycles. The van der Waals surface area contributed by atoms with Gasteiger partial charge in [0.1, 0.15) is 11.4 Å². The van der Waals surface area contributed by atoms with Crippen LogP contribution >= 0.6 is 0 Å². The highest BCUT2D eigenvalue weighted by Gasteiger charge is 2.15. The quantitative estimate of drug-likeness (QED) is 0.281. The van der Waals surface area contributed by atoms with Crippen molar-refractivity contribution in [2.24, 2.45) is 0 Å². The molecule has 3 heteroatoms. The molecule has 0 aromatic heterocycles. The molecule has 0 spiro atoms. The Morgan fingerprint density at radius 3 is 2.30 bits per heavy atom. The third-order valence-electron chi connectivity index (χ3n) is 4.41. The Bertz CT molecular complexity index is 922. The van der Waals surface area contributed by atoms with E-state index in [1.807, 2.05) is 32.9 Å². The summed E-state index contributed by atoms with van der Waals surface area (Å²) in [4.78, 5) is 11.7. The molecule has 0 fully saturated rings. The second-order valence-corrected chi connectivity index (χ2v) is 7.92. The molecular formula is C24H28O3. The molecule has 3 aromatic carbocycles. The molecular weight excluding hydrogens is 336 g/mol. The van der Waals surface area contributed by atoms with Gasteiger partial charge in [-0.15, -0.1) is 0 Å². The van der Waals surface area contributed by atoms with E-state index in [2.05, 4.69) is 42.5 Å². The van der Waals surface area contributed by atoms with Crippen molar-refractivity contribution < 1.29 is 14.3 Å². The Kier molecular flexibility index (Phi) is 6.00. The minimum absolute atomic E-state index is 0.121. The van der Waals surface area contributed by atoms with Crippen LogP contribution in [-0.2, 0) is 9.53 Å². The van der Waals surface area contributed by atoms with Crippen LogP contribution < -0.4 is 4.74 Å². The number of hydrogen-bond donors (Lipinski definition) is 0. The fraction of sp³-hybridized carbons (Fsp3) is 0.375. The molecule has 0 N–H and O–H groups in total. The van der Waals surface area contributed by atoms with Crippen LogP contribution in [0, 0.1) is 0 Å². The molecule has 0 radical (unpaired) electrons. The summed E-state index contributed by atoms with van der Waals surface area (Å²) in [5.74, 6) is 0.801. The SMILES string of the molecule is CC(C)(C)OC(=O)CCCCCOc1cccc2cc3ccccc3cc12. The van der Waals surface area contributed by atoms with Gasteiger partial charge >= 0.3 is 5.97 Å². The first-order valence-corrected chi connectivity index (χ1v) is 9.68. The first-order chi connectivity index (χ1) is 12.9. The maximum absolute atomic E-state index is 11.7. The molecule has 0 unspecified atom stereocenters. The first kappa shape index (κ1) is 19.2. The van der Waals surface area contributed by atoms with Crippen molar-refractivity contribution >= 4 is 27.5 Å². The van der Waals surface area contributed by atoms with Crippen LogP contribution in [0.4, 0.5) is 0 Å². The van der Waals surface area contributed by atoms with Gasteiger partial charge in [0, 0.05) is 11.8 Å². The van der Waals surface area contributed by atoms with Crippen LogP contribution in [0.3, 0.4) is 0 Å². The first-order valence-electron chi connectivity index (χ1n) is 9.68. The van der Waals surface area contributed by atoms with Gasteiger partial charge in [0.25, 0.3) is 0 Å². The van der Waals surface area contributed by atoms with E-state index in [4.69, 9.17) is 9.47 Å². The summed E-state index contributed by atoms with van der Waals surface area (Å²) in [7, 11) is 0. The van der Waals surface area contributed by atoms with Gasteiger partial charge in [-0.2, -0.15) is 0 Å². The maximum Gasteiger partial charge on any atom is 0.306 e. The Labute approximate surface area is 161 Å². The number of carbonyl (C=O) groups is 1. The van der Waals surface area contributed by atoms with Gasteiger partial charge in [-0.25, -0.2) is 0 Å². The van der Waals surface area contributed by atoms with Crippen molar-refractivity contribution in [2.75, 3.05) is 6.61 Å². The maximum atomic E-state index is 11.7. The largest absolute Gasteiger partial charge is 0.493 e. The van der Waals surface area contributed by atoms with Crippen LogP contribution in [0.15, 0.2) is 54.6 Å². The lowest BCUT2D eigenvalue weighted by Crippen LogP contribution is -2.23. The lowest BCUT2D eigenvalue weighted by atomic mass is 10.0. The zero-order valence-corrected chi connectivity index (χ0v) is 16.5. The van der Waals surface area contributed by atoms with Crippen molar-refractivity contribution in [1.29, 1.82) is 0 Å². The van der Waals surface area contributed by atoms with E-state index >= 15 is 0 Å². The number of unbranched alkanes of at least 4 members (excludes halogenated alkanes) is 2. The summed E-state index contributed by atoms with van der Waals surface area (Å²) in [6.07, 6.45) is 3.18. The topological polar surface area (TPSA) is 35.5 Å². The molecule has 27 heavy (non-hydrogen) atoms. The molecule has 3 rings (SSSR count). The van der Waals surface area contributed by atoms with Crippen molar-refractivity contribution in [2.45, 2.75) is 52.1 Å². The summed E-state index contributed by atoms with van der Waals surface area (Å²) in [5, 5.41) is 4.80. The lowest BCUT2D eigenvalue weighted by molar-refractivity contribution is -0.154. The van der Waals surface area contributed by atoms with Crippen LogP contribution in [0.1, 0.15) is 46.5 Å². The van der Waals surface area contributed by atoms with Crippen LogP contribution in [0.5, 0.6) is 5.75 Å².